The third-order valence-electron chi connectivity index (χ3n) is 3.86. The Kier molecular flexibility index (Phi) is 5.83. The van der Waals surface area contributed by atoms with E-state index in [0.717, 1.165) is 15.6 Å². The van der Waals surface area contributed by atoms with E-state index >= 15 is 0 Å². The summed E-state index contributed by atoms with van der Waals surface area (Å²) < 4.78 is 18.8. The van der Waals surface area contributed by atoms with Crippen molar-refractivity contribution in [2.24, 2.45) is 0 Å². The number of aliphatic hydroxyl groups excluding tert-OH is 1. The second kappa shape index (κ2) is 8.08. The Bertz CT molecular complexity index is 862. The van der Waals surface area contributed by atoms with Gasteiger partial charge in [-0.1, -0.05) is 63.6 Å². The maximum absolute atomic E-state index is 12.4. The van der Waals surface area contributed by atoms with Gasteiger partial charge in [0.15, 0.2) is 5.76 Å². The zero-order chi connectivity index (χ0) is 17.8. The number of aromatic nitrogens is 1. The van der Waals surface area contributed by atoms with E-state index in [2.05, 4.69) is 21.1 Å². The van der Waals surface area contributed by atoms with Gasteiger partial charge in [-0.25, -0.2) is 0 Å². The number of halogens is 1. The maximum atomic E-state index is 12.4. The number of hydrogen-bond donors (Lipinski definition) is 1. The molecule has 3 rings (SSSR count). The molecule has 6 heteroatoms. The van der Waals surface area contributed by atoms with Gasteiger partial charge in [0, 0.05) is 26.6 Å². The highest BCUT2D eigenvalue weighted by Crippen LogP contribution is 2.32. The zero-order valence-corrected chi connectivity index (χ0v) is 16.1. The molecule has 2 aromatic carbocycles. The first-order chi connectivity index (χ1) is 12.0. The zero-order valence-electron chi connectivity index (χ0n) is 13.7. The summed E-state index contributed by atoms with van der Waals surface area (Å²) in [6.07, 6.45) is -0.894. The minimum Gasteiger partial charge on any atom is -0.387 e. The molecule has 0 aliphatic carbocycles. The van der Waals surface area contributed by atoms with Crippen LogP contribution in [0.25, 0.3) is 11.3 Å². The molecule has 0 aliphatic heterocycles. The lowest BCUT2D eigenvalue weighted by Gasteiger charge is -2.11. The Labute approximate surface area is 157 Å². The minimum atomic E-state index is -1.19. The van der Waals surface area contributed by atoms with Gasteiger partial charge in [-0.2, -0.15) is 0 Å². The van der Waals surface area contributed by atoms with Gasteiger partial charge < -0.3 is 9.63 Å². The fraction of sp³-hybridized carbons (Fsp3) is 0.211. The summed E-state index contributed by atoms with van der Waals surface area (Å²) in [4.78, 5) is 0. The Morgan fingerprint density at radius 3 is 2.52 bits per heavy atom. The van der Waals surface area contributed by atoms with Crippen LogP contribution in [0.5, 0.6) is 0 Å². The molecule has 1 N–H and O–H groups in total. The summed E-state index contributed by atoms with van der Waals surface area (Å²) in [6, 6.07) is 17.2. The summed E-state index contributed by atoms with van der Waals surface area (Å²) in [6.45, 7) is 1.78. The highest BCUT2D eigenvalue weighted by Gasteiger charge is 2.23. The molecule has 130 valence electrons. The van der Waals surface area contributed by atoms with Crippen LogP contribution in [0, 0.1) is 6.92 Å². The quantitative estimate of drug-likeness (QED) is 0.642. The molecule has 25 heavy (non-hydrogen) atoms. The molecule has 0 amide bonds. The number of aliphatic hydroxyl groups is 1. The molecular formula is C19H18BrNO3S. The maximum Gasteiger partial charge on any atom is 0.172 e. The van der Waals surface area contributed by atoms with Gasteiger partial charge in [0.2, 0.25) is 0 Å². The fourth-order valence-electron chi connectivity index (χ4n) is 2.66. The Morgan fingerprint density at radius 1 is 1.16 bits per heavy atom. The van der Waals surface area contributed by atoms with Crippen LogP contribution in [0.1, 0.15) is 22.9 Å². The summed E-state index contributed by atoms with van der Waals surface area (Å²) >= 11 is 3.40. The third kappa shape index (κ3) is 4.45. The van der Waals surface area contributed by atoms with Crippen LogP contribution in [0.15, 0.2) is 63.6 Å². The molecule has 2 unspecified atom stereocenters. The van der Waals surface area contributed by atoms with Gasteiger partial charge in [0.25, 0.3) is 0 Å². The lowest BCUT2D eigenvalue weighted by molar-refractivity contribution is 0.202. The predicted molar refractivity (Wildman–Crippen MR) is 102 cm³/mol. The van der Waals surface area contributed by atoms with Crippen molar-refractivity contribution in [2.45, 2.75) is 18.8 Å². The number of nitrogens with zero attached hydrogens (tertiary/aromatic N) is 1. The van der Waals surface area contributed by atoms with Crippen molar-refractivity contribution in [3.05, 3.63) is 75.9 Å². The average molecular weight is 420 g/mol. The molecule has 0 aliphatic rings. The van der Waals surface area contributed by atoms with Gasteiger partial charge in [0.05, 0.1) is 23.1 Å². The van der Waals surface area contributed by atoms with Crippen molar-refractivity contribution in [3.8, 4) is 11.3 Å². The average Bonchev–Trinajstić information content (AvgIpc) is 2.98. The lowest BCUT2D eigenvalue weighted by atomic mass is 10.0. The highest BCUT2D eigenvalue weighted by molar-refractivity contribution is 9.10. The molecular weight excluding hydrogens is 402 g/mol. The highest BCUT2D eigenvalue weighted by atomic mass is 79.9. The van der Waals surface area contributed by atoms with Crippen LogP contribution in [-0.2, 0) is 16.6 Å². The van der Waals surface area contributed by atoms with E-state index in [1.165, 1.54) is 0 Å². The van der Waals surface area contributed by atoms with Crippen molar-refractivity contribution in [2.75, 3.05) is 5.75 Å². The van der Waals surface area contributed by atoms with Crippen molar-refractivity contribution >= 4 is 26.7 Å². The number of hydrogen-bond acceptors (Lipinski definition) is 4. The second-order valence-corrected chi connectivity index (χ2v) is 8.19. The fourth-order valence-corrected chi connectivity index (χ4v) is 4.12. The molecule has 0 saturated heterocycles. The summed E-state index contributed by atoms with van der Waals surface area (Å²) in [7, 11) is -1.19. The van der Waals surface area contributed by atoms with Crippen molar-refractivity contribution in [1.29, 1.82) is 0 Å². The number of rotatable bonds is 6. The van der Waals surface area contributed by atoms with Crippen LogP contribution in [0.3, 0.4) is 0 Å². The SMILES string of the molecule is Cc1noc(-c2ccc(Br)cc2)c1C(O)CS(=O)Cc1ccccc1. The van der Waals surface area contributed by atoms with Gasteiger partial charge >= 0.3 is 0 Å². The number of aryl methyl sites for hydroxylation is 1. The predicted octanol–water partition coefficient (Wildman–Crippen LogP) is 4.39. The molecule has 4 nitrogen and oxygen atoms in total. The van der Waals surface area contributed by atoms with Gasteiger partial charge in [0.1, 0.15) is 0 Å². The van der Waals surface area contributed by atoms with Gasteiger partial charge in [-0.05, 0) is 24.6 Å². The molecule has 1 aromatic heterocycles. The van der Waals surface area contributed by atoms with Crippen LogP contribution in [0.4, 0.5) is 0 Å². The Hall–Kier alpha value is -1.76. The van der Waals surface area contributed by atoms with E-state index in [1.54, 1.807) is 6.92 Å². The standard InChI is InChI=1S/C19H18BrNO3S/c1-13-18(19(24-21-13)15-7-9-16(20)10-8-15)17(22)12-25(23)11-14-5-3-2-4-6-14/h2-10,17,22H,11-12H2,1H3. The van der Waals surface area contributed by atoms with Crippen LogP contribution >= 0.6 is 15.9 Å². The minimum absolute atomic E-state index is 0.139. The van der Waals surface area contributed by atoms with Crippen molar-refractivity contribution in [3.63, 3.8) is 0 Å². The first-order valence-electron chi connectivity index (χ1n) is 7.83. The Morgan fingerprint density at radius 2 is 1.84 bits per heavy atom. The van der Waals surface area contributed by atoms with E-state index in [9.17, 15) is 9.32 Å². The van der Waals surface area contributed by atoms with E-state index in [-0.39, 0.29) is 5.75 Å². The van der Waals surface area contributed by atoms with Crippen LogP contribution in [-0.4, -0.2) is 20.2 Å². The van der Waals surface area contributed by atoms with E-state index in [1.807, 2.05) is 54.6 Å². The molecule has 1 heterocycles. The molecule has 3 aromatic rings. The summed E-state index contributed by atoms with van der Waals surface area (Å²) in [5.74, 6) is 1.07. The smallest absolute Gasteiger partial charge is 0.172 e. The van der Waals surface area contributed by atoms with Gasteiger partial charge in [-0.3, -0.25) is 4.21 Å². The molecule has 2 atom stereocenters. The van der Waals surface area contributed by atoms with Crippen LogP contribution < -0.4 is 0 Å². The van der Waals surface area contributed by atoms with E-state index in [0.29, 0.717) is 22.8 Å². The lowest BCUT2D eigenvalue weighted by Crippen LogP contribution is -2.12. The van der Waals surface area contributed by atoms with Crippen molar-refractivity contribution in [1.82, 2.24) is 5.16 Å². The molecule has 0 radical (unpaired) electrons. The molecule has 0 saturated carbocycles. The third-order valence-corrected chi connectivity index (χ3v) is 5.73. The molecule has 0 spiro atoms. The molecule has 0 bridgehead atoms. The van der Waals surface area contributed by atoms with E-state index in [4.69, 9.17) is 4.52 Å². The summed E-state index contributed by atoms with van der Waals surface area (Å²) in [5, 5.41) is 14.6. The number of benzene rings is 2. The first-order valence-corrected chi connectivity index (χ1v) is 10.1. The topological polar surface area (TPSA) is 63.3 Å². The molecule has 0 fully saturated rings. The second-order valence-electron chi connectivity index (χ2n) is 5.77. The summed E-state index contributed by atoms with van der Waals surface area (Å²) in [5.41, 5.74) is 3.03. The van der Waals surface area contributed by atoms with E-state index < -0.39 is 16.9 Å². The monoisotopic (exact) mass is 419 g/mol. The van der Waals surface area contributed by atoms with Gasteiger partial charge in [-0.15, -0.1) is 0 Å². The van der Waals surface area contributed by atoms with Crippen LogP contribution in [0.2, 0.25) is 0 Å². The largest absolute Gasteiger partial charge is 0.387 e. The van der Waals surface area contributed by atoms with Crippen molar-refractivity contribution < 1.29 is 13.8 Å². The Balaban J connectivity index is 1.78. The first kappa shape index (κ1) is 18.0. The normalized spacial score (nSPS) is 13.6.